The smallest absolute Gasteiger partial charge is 0.0201 e. The topological polar surface area (TPSA) is 3.24 Å². The van der Waals surface area contributed by atoms with Gasteiger partial charge < -0.3 is 0 Å². The van der Waals surface area contributed by atoms with Gasteiger partial charge in [0.25, 0.3) is 0 Å². The Bertz CT molecular complexity index is 290. The number of nitrogens with zero attached hydrogens (tertiary/aromatic N) is 1. The van der Waals surface area contributed by atoms with Crippen LogP contribution in [-0.2, 0) is 0 Å². The van der Waals surface area contributed by atoms with Gasteiger partial charge in [-0.25, -0.2) is 3.11 Å². The molecule has 0 aromatic carbocycles. The Balaban J connectivity index is 3.13. The lowest BCUT2D eigenvalue weighted by molar-refractivity contribution is 0.448. The Morgan fingerprint density at radius 1 is 0.312 bits per heavy atom. The van der Waals surface area contributed by atoms with E-state index in [1.807, 2.05) is 0 Å². The summed E-state index contributed by atoms with van der Waals surface area (Å²) in [5.41, 5.74) is 0. The van der Waals surface area contributed by atoms with Gasteiger partial charge in [-0.2, -0.15) is 0 Å². The van der Waals surface area contributed by atoms with Gasteiger partial charge in [0, 0.05) is 36.0 Å². The molecular formula is C30H62IN. The van der Waals surface area contributed by atoms with Crippen LogP contribution < -0.4 is 0 Å². The van der Waals surface area contributed by atoms with E-state index >= 15 is 0 Å². The molecule has 0 aliphatic carbocycles. The normalized spacial score (nSPS) is 11.6. The van der Waals surface area contributed by atoms with E-state index in [1.165, 1.54) is 180 Å². The van der Waals surface area contributed by atoms with Gasteiger partial charge in [-0.05, 0) is 12.8 Å². The van der Waals surface area contributed by atoms with Gasteiger partial charge in [0.15, 0.2) is 0 Å². The molecule has 0 unspecified atom stereocenters. The molecule has 0 aromatic heterocycles. The van der Waals surface area contributed by atoms with E-state index < -0.39 is 0 Å². The summed E-state index contributed by atoms with van der Waals surface area (Å²) in [6.45, 7) is 7.21. The number of unbranched alkanes of at least 4 members (excludes halogenated alkanes) is 24. The van der Waals surface area contributed by atoms with Crippen LogP contribution in [0.1, 0.15) is 181 Å². The largest absolute Gasteiger partial charge is 0.248 e. The summed E-state index contributed by atoms with van der Waals surface area (Å²) in [7, 11) is 0. The molecule has 0 fully saturated rings. The third-order valence-electron chi connectivity index (χ3n) is 7.01. The SMILES string of the molecule is CCCCCCCCCCCCCCCN(I)CCCCCCCCCCCCCCC. The summed E-state index contributed by atoms with van der Waals surface area (Å²) in [6, 6.07) is 0. The van der Waals surface area contributed by atoms with Crippen molar-refractivity contribution in [3.8, 4) is 0 Å². The summed E-state index contributed by atoms with van der Waals surface area (Å²) in [5, 5.41) is 0. The van der Waals surface area contributed by atoms with Gasteiger partial charge in [-0.15, -0.1) is 0 Å². The monoisotopic (exact) mass is 563 g/mol. The molecule has 0 N–H and O–H groups in total. The van der Waals surface area contributed by atoms with E-state index in [0.29, 0.717) is 0 Å². The summed E-state index contributed by atoms with van der Waals surface area (Å²) >= 11 is 2.57. The predicted molar refractivity (Wildman–Crippen MR) is 157 cm³/mol. The van der Waals surface area contributed by atoms with Gasteiger partial charge >= 0.3 is 0 Å². The number of hydrogen-bond acceptors (Lipinski definition) is 1. The van der Waals surface area contributed by atoms with Crippen molar-refractivity contribution in [2.45, 2.75) is 181 Å². The lowest BCUT2D eigenvalue weighted by atomic mass is 10.0. The Morgan fingerprint density at radius 2 is 0.500 bits per heavy atom. The van der Waals surface area contributed by atoms with Crippen LogP contribution in [-0.4, -0.2) is 16.2 Å². The van der Waals surface area contributed by atoms with Crippen molar-refractivity contribution < 1.29 is 0 Å². The van der Waals surface area contributed by atoms with Crippen molar-refractivity contribution in [3.63, 3.8) is 0 Å². The fourth-order valence-corrected chi connectivity index (χ4v) is 5.40. The second kappa shape index (κ2) is 29.7. The standard InChI is InChI=1S/C30H62IN/c1-3-5-7-9-11-13-15-17-19-21-23-25-27-29-32(31)30-28-26-24-22-20-18-16-14-12-10-8-6-4-2/h3-30H2,1-2H3. The Hall–Kier alpha value is 0.690. The molecule has 0 spiro atoms. The van der Waals surface area contributed by atoms with E-state index in [1.54, 1.807) is 0 Å². The van der Waals surface area contributed by atoms with E-state index in [9.17, 15) is 0 Å². The molecule has 1 nitrogen and oxygen atoms in total. The Labute approximate surface area is 219 Å². The third kappa shape index (κ3) is 28.7. The van der Waals surface area contributed by atoms with Crippen molar-refractivity contribution in [3.05, 3.63) is 0 Å². The average Bonchev–Trinajstić information content (AvgIpc) is 2.80. The fourth-order valence-electron chi connectivity index (χ4n) is 4.71. The molecule has 0 heterocycles. The van der Waals surface area contributed by atoms with Crippen LogP contribution in [0, 0.1) is 0 Å². The first-order valence-corrected chi connectivity index (χ1v) is 16.2. The molecule has 0 saturated heterocycles. The van der Waals surface area contributed by atoms with Gasteiger partial charge in [-0.1, -0.05) is 168 Å². The minimum Gasteiger partial charge on any atom is -0.248 e. The van der Waals surface area contributed by atoms with Gasteiger partial charge in [0.2, 0.25) is 0 Å². The molecule has 194 valence electrons. The molecule has 0 bridgehead atoms. The molecule has 0 radical (unpaired) electrons. The number of rotatable bonds is 28. The minimum absolute atomic E-state index is 1.30. The van der Waals surface area contributed by atoms with Crippen LogP contribution in [0.5, 0.6) is 0 Å². The molecule has 0 amide bonds. The number of hydrogen-bond donors (Lipinski definition) is 0. The molecule has 2 heteroatoms. The maximum atomic E-state index is 2.57. The zero-order chi connectivity index (χ0) is 23.4. The quantitative estimate of drug-likeness (QED) is 0.0520. The maximum absolute atomic E-state index is 2.57. The molecule has 0 saturated carbocycles. The second-order valence-electron chi connectivity index (χ2n) is 10.4. The van der Waals surface area contributed by atoms with Crippen LogP contribution in [0.3, 0.4) is 0 Å². The molecule has 32 heavy (non-hydrogen) atoms. The van der Waals surface area contributed by atoms with Gasteiger partial charge in [0.1, 0.15) is 0 Å². The van der Waals surface area contributed by atoms with E-state index in [0.717, 1.165) is 0 Å². The first-order chi connectivity index (χ1) is 15.8. The molecular weight excluding hydrogens is 501 g/mol. The summed E-state index contributed by atoms with van der Waals surface area (Å²) in [4.78, 5) is 0. The van der Waals surface area contributed by atoms with E-state index in [-0.39, 0.29) is 0 Å². The summed E-state index contributed by atoms with van der Waals surface area (Å²) < 4.78 is 2.55. The van der Waals surface area contributed by atoms with Crippen LogP contribution in [0.4, 0.5) is 0 Å². The Kier molecular flexibility index (Phi) is 30.4. The van der Waals surface area contributed by atoms with Crippen molar-refractivity contribution >= 4 is 22.9 Å². The zero-order valence-electron chi connectivity index (χ0n) is 22.6. The Morgan fingerprint density at radius 3 is 0.719 bits per heavy atom. The summed E-state index contributed by atoms with van der Waals surface area (Å²) in [5.74, 6) is 0. The number of halogens is 1. The van der Waals surface area contributed by atoms with Crippen LogP contribution >= 0.6 is 22.9 Å². The van der Waals surface area contributed by atoms with Crippen LogP contribution in [0.15, 0.2) is 0 Å². The third-order valence-corrected chi connectivity index (χ3v) is 7.97. The molecule has 0 atom stereocenters. The lowest BCUT2D eigenvalue weighted by Gasteiger charge is -2.14. The van der Waals surface area contributed by atoms with E-state index in [4.69, 9.17) is 0 Å². The highest BCUT2D eigenvalue weighted by molar-refractivity contribution is 14.1. The van der Waals surface area contributed by atoms with Crippen LogP contribution in [0.2, 0.25) is 0 Å². The van der Waals surface area contributed by atoms with Gasteiger partial charge in [0.05, 0.1) is 0 Å². The minimum atomic E-state index is 1.30. The first kappa shape index (κ1) is 32.7. The maximum Gasteiger partial charge on any atom is 0.0201 e. The molecule has 0 aliphatic rings. The highest BCUT2D eigenvalue weighted by Crippen LogP contribution is 2.15. The second-order valence-corrected chi connectivity index (χ2v) is 11.8. The van der Waals surface area contributed by atoms with Crippen molar-refractivity contribution in [1.82, 2.24) is 3.11 Å². The van der Waals surface area contributed by atoms with Crippen molar-refractivity contribution in [1.29, 1.82) is 0 Å². The lowest BCUT2D eigenvalue weighted by Crippen LogP contribution is -2.14. The fraction of sp³-hybridized carbons (Fsp3) is 1.00. The van der Waals surface area contributed by atoms with Crippen molar-refractivity contribution in [2.75, 3.05) is 13.1 Å². The van der Waals surface area contributed by atoms with Crippen molar-refractivity contribution in [2.24, 2.45) is 0 Å². The van der Waals surface area contributed by atoms with Gasteiger partial charge in [-0.3, -0.25) is 0 Å². The highest BCUT2D eigenvalue weighted by atomic mass is 127. The highest BCUT2D eigenvalue weighted by Gasteiger charge is 2.01. The molecule has 0 aromatic rings. The molecule has 0 aliphatic heterocycles. The van der Waals surface area contributed by atoms with Crippen LogP contribution in [0.25, 0.3) is 0 Å². The predicted octanol–water partition coefficient (Wildman–Crippen LogP) is 11.8. The molecule has 0 rings (SSSR count). The average molecular weight is 564 g/mol. The zero-order valence-corrected chi connectivity index (χ0v) is 24.8. The summed E-state index contributed by atoms with van der Waals surface area (Å²) in [6.07, 6.45) is 37.8. The first-order valence-electron chi connectivity index (χ1n) is 15.2. The van der Waals surface area contributed by atoms with E-state index in [2.05, 4.69) is 39.8 Å².